The summed E-state index contributed by atoms with van der Waals surface area (Å²) in [7, 11) is 0. The zero-order valence-corrected chi connectivity index (χ0v) is 61.3. The van der Waals surface area contributed by atoms with Crippen molar-refractivity contribution in [3.8, 4) is 0 Å². The molecule has 1 amide bonds. The lowest BCUT2D eigenvalue weighted by Gasteiger charge is -2.20. The average Bonchev–Trinajstić information content (AvgIpc) is 3.73. The highest BCUT2D eigenvalue weighted by Crippen LogP contribution is 2.19. The van der Waals surface area contributed by atoms with Gasteiger partial charge in [0.15, 0.2) is 0 Å². The van der Waals surface area contributed by atoms with Crippen molar-refractivity contribution in [2.24, 2.45) is 0 Å². The number of hydrogen-bond donors (Lipinski definition) is 3. The summed E-state index contributed by atoms with van der Waals surface area (Å²) < 4.78 is 5.51. The van der Waals surface area contributed by atoms with Crippen LogP contribution in [0.2, 0.25) is 0 Å². The summed E-state index contributed by atoms with van der Waals surface area (Å²) in [6.07, 6.45) is 108. The molecule has 0 aromatic rings. The smallest absolute Gasteiger partial charge is 0.305 e. The zero-order chi connectivity index (χ0) is 65.6. The lowest BCUT2D eigenvalue weighted by molar-refractivity contribution is -0.143. The molecule has 0 aromatic heterocycles. The molecule has 2 atom stereocenters. The Labute approximate surface area is 569 Å². The summed E-state index contributed by atoms with van der Waals surface area (Å²) in [5, 5.41) is 23.3. The van der Waals surface area contributed by atoms with E-state index in [1.807, 2.05) is 6.08 Å². The maximum atomic E-state index is 12.5. The largest absolute Gasteiger partial charge is 0.466 e. The molecule has 2 unspecified atom stereocenters. The van der Waals surface area contributed by atoms with E-state index in [0.29, 0.717) is 19.4 Å². The van der Waals surface area contributed by atoms with Crippen LogP contribution < -0.4 is 5.32 Å². The molecule has 0 bridgehead atoms. The Morgan fingerprint density at radius 2 is 0.549 bits per heavy atom. The normalized spacial score (nSPS) is 12.8. The van der Waals surface area contributed by atoms with Gasteiger partial charge >= 0.3 is 5.97 Å². The summed E-state index contributed by atoms with van der Waals surface area (Å²) in [4.78, 5) is 24.6. The Morgan fingerprint density at radius 3 is 0.857 bits per heavy atom. The Kier molecular flexibility index (Phi) is 77.9. The number of rotatable bonds is 77. The molecule has 0 saturated carbocycles. The molecule has 0 rings (SSSR count). The number of aliphatic hydroxyl groups excluding tert-OH is 2. The van der Waals surface area contributed by atoms with Crippen LogP contribution in [0.5, 0.6) is 0 Å². The number of nitrogens with one attached hydrogen (secondary N) is 1. The highest BCUT2D eigenvalue weighted by atomic mass is 16.5. The first-order chi connectivity index (χ1) is 45.0. The monoisotopic (exact) mass is 1270 g/mol. The van der Waals surface area contributed by atoms with Gasteiger partial charge in [0.1, 0.15) is 0 Å². The van der Waals surface area contributed by atoms with Crippen LogP contribution in [-0.4, -0.2) is 47.4 Å². The second kappa shape index (κ2) is 80.0. The third-order valence-corrected chi connectivity index (χ3v) is 19.0. The number of esters is 1. The quantitative estimate of drug-likeness (QED) is 0.0320. The van der Waals surface area contributed by atoms with Gasteiger partial charge in [-0.05, 0) is 96.3 Å². The first-order valence-electron chi connectivity index (χ1n) is 41.1. The van der Waals surface area contributed by atoms with Crippen LogP contribution >= 0.6 is 0 Å². The first-order valence-corrected chi connectivity index (χ1v) is 41.1. The van der Waals surface area contributed by atoms with E-state index in [1.54, 1.807) is 6.08 Å². The topological polar surface area (TPSA) is 95.9 Å². The van der Waals surface area contributed by atoms with Crippen LogP contribution in [0.4, 0.5) is 0 Å². The van der Waals surface area contributed by atoms with Gasteiger partial charge in [-0.3, -0.25) is 9.59 Å². The number of unbranched alkanes of at least 4 members (excludes halogenated alkanes) is 58. The van der Waals surface area contributed by atoms with Crippen LogP contribution in [0.25, 0.3) is 0 Å². The highest BCUT2D eigenvalue weighted by molar-refractivity contribution is 5.76. The summed E-state index contributed by atoms with van der Waals surface area (Å²) in [5.41, 5.74) is 0. The third kappa shape index (κ3) is 76.5. The van der Waals surface area contributed by atoms with Crippen LogP contribution in [0.1, 0.15) is 444 Å². The van der Waals surface area contributed by atoms with Gasteiger partial charge in [0.2, 0.25) is 5.91 Å². The number of carbonyl (C=O) groups is 2. The van der Waals surface area contributed by atoms with Crippen molar-refractivity contribution in [3.63, 3.8) is 0 Å². The van der Waals surface area contributed by atoms with E-state index in [0.717, 1.165) is 57.8 Å². The molecule has 0 aromatic carbocycles. The molecule has 0 aliphatic heterocycles. The molecule has 0 saturated heterocycles. The highest BCUT2D eigenvalue weighted by Gasteiger charge is 2.18. The van der Waals surface area contributed by atoms with Crippen molar-refractivity contribution in [1.29, 1.82) is 0 Å². The molecule has 6 nitrogen and oxygen atoms in total. The van der Waals surface area contributed by atoms with Gasteiger partial charge in [0, 0.05) is 12.8 Å². The van der Waals surface area contributed by atoms with Gasteiger partial charge < -0.3 is 20.3 Å². The molecule has 0 fully saturated rings. The number of amides is 1. The van der Waals surface area contributed by atoms with E-state index < -0.39 is 12.1 Å². The molecule has 0 radical (unpaired) electrons. The molecular weight excluding hydrogens is 1110 g/mol. The maximum Gasteiger partial charge on any atom is 0.305 e. The van der Waals surface area contributed by atoms with Crippen LogP contribution in [0.3, 0.4) is 0 Å². The second-order valence-corrected chi connectivity index (χ2v) is 28.1. The molecule has 0 aliphatic carbocycles. The maximum absolute atomic E-state index is 12.5. The van der Waals surface area contributed by atoms with E-state index in [9.17, 15) is 19.8 Å². The molecule has 0 heterocycles. The molecule has 0 aliphatic rings. The van der Waals surface area contributed by atoms with E-state index in [-0.39, 0.29) is 18.5 Å². The van der Waals surface area contributed by atoms with Gasteiger partial charge in [0.25, 0.3) is 0 Å². The summed E-state index contributed by atoms with van der Waals surface area (Å²) in [5.74, 6) is -0.0490. The van der Waals surface area contributed by atoms with Crippen LogP contribution in [0.15, 0.2) is 60.8 Å². The van der Waals surface area contributed by atoms with Crippen molar-refractivity contribution in [2.75, 3.05) is 13.2 Å². The van der Waals surface area contributed by atoms with Crippen molar-refractivity contribution >= 4 is 11.9 Å². The molecule has 6 heteroatoms. The summed E-state index contributed by atoms with van der Waals surface area (Å²) in [6, 6.07) is -0.627. The Balaban J connectivity index is 3.37. The molecule has 0 spiro atoms. The van der Waals surface area contributed by atoms with Crippen LogP contribution in [0, 0.1) is 0 Å². The van der Waals surface area contributed by atoms with Crippen molar-refractivity contribution in [2.45, 2.75) is 456 Å². The third-order valence-electron chi connectivity index (χ3n) is 19.0. The fourth-order valence-corrected chi connectivity index (χ4v) is 12.8. The number of carbonyl (C=O) groups excluding carboxylic acids is 2. The van der Waals surface area contributed by atoms with Crippen molar-refractivity contribution in [1.82, 2.24) is 5.32 Å². The van der Waals surface area contributed by atoms with E-state index in [4.69, 9.17) is 4.74 Å². The van der Waals surface area contributed by atoms with E-state index >= 15 is 0 Å². The summed E-state index contributed by atoms with van der Waals surface area (Å²) in [6.45, 7) is 4.92. The fraction of sp³-hybridized carbons (Fsp3) is 0.859. The van der Waals surface area contributed by atoms with Gasteiger partial charge in [-0.15, -0.1) is 0 Å². The lowest BCUT2D eigenvalue weighted by Crippen LogP contribution is -2.45. The minimum absolute atomic E-state index is 0.0126. The fourth-order valence-electron chi connectivity index (χ4n) is 12.8. The Hall–Kier alpha value is -2.44. The molecule has 91 heavy (non-hydrogen) atoms. The first kappa shape index (κ1) is 88.6. The lowest BCUT2D eigenvalue weighted by atomic mass is 10.0. The van der Waals surface area contributed by atoms with Gasteiger partial charge in [0.05, 0.1) is 25.4 Å². The minimum atomic E-state index is -0.844. The number of hydrogen-bond acceptors (Lipinski definition) is 5. The van der Waals surface area contributed by atoms with Gasteiger partial charge in [-0.1, -0.05) is 396 Å². The molecule has 3 N–H and O–H groups in total. The predicted molar refractivity (Wildman–Crippen MR) is 402 cm³/mol. The number of aliphatic hydroxyl groups is 2. The van der Waals surface area contributed by atoms with Crippen LogP contribution in [-0.2, 0) is 14.3 Å². The van der Waals surface area contributed by atoms with Crippen molar-refractivity contribution in [3.05, 3.63) is 60.8 Å². The van der Waals surface area contributed by atoms with Gasteiger partial charge in [-0.2, -0.15) is 0 Å². The number of allylic oxidation sites excluding steroid dienone is 9. The molecular formula is C85H159NO5. The van der Waals surface area contributed by atoms with Gasteiger partial charge in [-0.25, -0.2) is 0 Å². The van der Waals surface area contributed by atoms with E-state index in [2.05, 4.69) is 67.8 Å². The Bertz CT molecular complexity index is 1570. The molecule has 534 valence electrons. The Morgan fingerprint density at radius 1 is 0.308 bits per heavy atom. The standard InChI is InChI=1S/C85H159NO5/c1-3-5-7-9-11-13-15-17-19-21-46-49-53-57-61-65-69-73-77-83(88)82(81-87)86-84(89)78-74-70-66-62-58-54-50-47-43-41-39-37-35-33-31-29-27-25-23-22-24-26-28-30-32-34-36-38-40-42-44-48-52-56-60-64-68-72-76-80-91-85(90)79-75-71-67-63-59-55-51-45-20-18-16-14-12-10-8-6-4-2/h12,14,18,20,22-23,26,28,73,77,82-83,87-88H,3-11,13,15-17,19,21,24-25,27,29-72,74-76,78-81H2,1-2H3,(H,86,89)/b14-12-,20-18-,23-22-,28-26-,77-73+. The predicted octanol–water partition coefficient (Wildman–Crippen LogP) is 27.3. The zero-order valence-electron chi connectivity index (χ0n) is 61.3. The van der Waals surface area contributed by atoms with Crippen molar-refractivity contribution < 1.29 is 24.5 Å². The SMILES string of the molecule is CCCCC/C=C\C/C=C\CCCCCCCCCC(=O)OCCCCCCCCCCCCCCCCC/C=C\C/C=C\CCCCCCCCCCCCCCCCCCCC(=O)NC(CO)C(O)/C=C/CCCCCCCCCCCCCCCCCC. The number of ether oxygens (including phenoxy) is 1. The average molecular weight is 1280 g/mol. The second-order valence-electron chi connectivity index (χ2n) is 28.1. The summed E-state index contributed by atoms with van der Waals surface area (Å²) >= 11 is 0. The minimum Gasteiger partial charge on any atom is -0.466 e. The van der Waals surface area contributed by atoms with E-state index in [1.165, 1.54) is 360 Å².